The Morgan fingerprint density at radius 1 is 1.50 bits per heavy atom. The highest BCUT2D eigenvalue weighted by Gasteiger charge is 2.08. The van der Waals surface area contributed by atoms with Gasteiger partial charge in [0.25, 0.3) is 0 Å². The van der Waals surface area contributed by atoms with Crippen molar-refractivity contribution in [2.24, 2.45) is 0 Å². The van der Waals surface area contributed by atoms with Crippen LogP contribution >= 0.6 is 11.3 Å². The average molecular weight is 210 g/mol. The lowest BCUT2D eigenvalue weighted by molar-refractivity contribution is 0.0601. The molecule has 0 saturated carbocycles. The Morgan fingerprint density at radius 2 is 2.29 bits per heavy atom. The molecule has 1 aromatic heterocycles. The van der Waals surface area contributed by atoms with Crippen molar-refractivity contribution >= 4 is 27.6 Å². The Balaban J connectivity index is 2.61. The van der Waals surface area contributed by atoms with Crippen molar-refractivity contribution in [2.75, 3.05) is 7.11 Å². The highest BCUT2D eigenvalue weighted by Crippen LogP contribution is 2.18. The van der Waals surface area contributed by atoms with Crippen molar-refractivity contribution in [3.8, 4) is 0 Å². The minimum Gasteiger partial charge on any atom is -0.465 e. The van der Waals surface area contributed by atoms with Gasteiger partial charge in [-0.25, -0.2) is 9.59 Å². The second kappa shape index (κ2) is 3.26. The Labute approximate surface area is 82.7 Å². The highest BCUT2D eigenvalue weighted by molar-refractivity contribution is 7.16. The van der Waals surface area contributed by atoms with Crippen molar-refractivity contribution in [2.45, 2.75) is 0 Å². The van der Waals surface area contributed by atoms with E-state index < -0.39 is 5.97 Å². The molecule has 5 heteroatoms. The summed E-state index contributed by atoms with van der Waals surface area (Å²) in [6, 6.07) is 4.72. The van der Waals surface area contributed by atoms with Crippen LogP contribution in [0.4, 0.5) is 0 Å². The van der Waals surface area contributed by atoms with Crippen LogP contribution in [0.3, 0.4) is 0 Å². The Morgan fingerprint density at radius 3 is 3.00 bits per heavy atom. The van der Waals surface area contributed by atoms with Crippen molar-refractivity contribution in [3.05, 3.63) is 33.5 Å². The van der Waals surface area contributed by atoms with E-state index in [9.17, 15) is 9.59 Å². The number of carbonyl (C=O) groups excluding carboxylic acids is 1. The van der Waals surface area contributed by atoms with E-state index in [0.717, 1.165) is 11.3 Å². The number of carbonyl (C=O) groups is 1. The largest absolute Gasteiger partial charge is 0.465 e. The Kier molecular flexibility index (Phi) is 2.09. The third-order valence-electron chi connectivity index (χ3n) is 1.75. The first-order valence-electron chi connectivity index (χ1n) is 3.83. The summed E-state index contributed by atoms with van der Waals surface area (Å²) in [6.07, 6.45) is 0. The SMILES string of the molecule is COC(=O)c1ccc2oc(=O)sc2c1. The lowest BCUT2D eigenvalue weighted by Gasteiger charge is -1.96. The van der Waals surface area contributed by atoms with E-state index >= 15 is 0 Å². The fourth-order valence-electron chi connectivity index (χ4n) is 1.12. The van der Waals surface area contributed by atoms with Crippen LogP contribution in [0.15, 0.2) is 27.4 Å². The van der Waals surface area contributed by atoms with Gasteiger partial charge in [-0.2, -0.15) is 0 Å². The second-order valence-electron chi connectivity index (χ2n) is 2.61. The lowest BCUT2D eigenvalue weighted by atomic mass is 10.2. The highest BCUT2D eigenvalue weighted by atomic mass is 32.1. The first kappa shape index (κ1) is 8.96. The molecule has 0 spiro atoms. The number of methoxy groups -OCH3 is 1. The van der Waals surface area contributed by atoms with Gasteiger partial charge < -0.3 is 9.15 Å². The van der Waals surface area contributed by atoms with Crippen molar-refractivity contribution in [1.82, 2.24) is 0 Å². The Hall–Kier alpha value is -1.62. The average Bonchev–Trinajstić information content (AvgIpc) is 2.55. The Bertz CT molecular complexity index is 537. The monoisotopic (exact) mass is 210 g/mol. The van der Waals surface area contributed by atoms with Gasteiger partial charge in [-0.1, -0.05) is 11.3 Å². The van der Waals surface area contributed by atoms with Gasteiger partial charge >= 0.3 is 10.9 Å². The summed E-state index contributed by atoms with van der Waals surface area (Å²) in [5, 5.41) is 0. The molecule has 0 fully saturated rings. The molecule has 1 aromatic carbocycles. The number of hydrogen-bond acceptors (Lipinski definition) is 5. The quantitative estimate of drug-likeness (QED) is 0.671. The molecule has 0 amide bonds. The van der Waals surface area contributed by atoms with Crippen molar-refractivity contribution in [1.29, 1.82) is 0 Å². The van der Waals surface area contributed by atoms with Gasteiger partial charge in [-0.3, -0.25) is 0 Å². The third kappa shape index (κ3) is 1.42. The fourth-order valence-corrected chi connectivity index (χ4v) is 1.82. The number of ether oxygens (including phenoxy) is 1. The minimum absolute atomic E-state index is 0.373. The number of esters is 1. The van der Waals surface area contributed by atoms with Gasteiger partial charge in [0.05, 0.1) is 17.4 Å². The maximum atomic E-state index is 11.1. The minimum atomic E-state index is -0.423. The zero-order chi connectivity index (χ0) is 10.1. The molecule has 2 rings (SSSR count). The predicted molar refractivity (Wildman–Crippen MR) is 51.7 cm³/mol. The molecule has 0 N–H and O–H groups in total. The van der Waals surface area contributed by atoms with E-state index in [4.69, 9.17) is 4.42 Å². The molecule has 0 radical (unpaired) electrons. The van der Waals surface area contributed by atoms with Crippen LogP contribution in [-0.2, 0) is 4.74 Å². The first-order chi connectivity index (χ1) is 6.70. The molecular weight excluding hydrogens is 204 g/mol. The molecule has 0 unspecified atom stereocenters. The van der Waals surface area contributed by atoms with Crippen LogP contribution in [0, 0.1) is 0 Å². The standard InChI is InChI=1S/C9H6O4S/c1-12-8(10)5-2-3-6-7(4-5)14-9(11)13-6/h2-4H,1H3. The van der Waals surface area contributed by atoms with Gasteiger partial charge in [0.1, 0.15) is 5.58 Å². The number of benzene rings is 1. The summed E-state index contributed by atoms with van der Waals surface area (Å²) in [7, 11) is 1.31. The van der Waals surface area contributed by atoms with E-state index in [2.05, 4.69) is 4.74 Å². The van der Waals surface area contributed by atoms with Gasteiger partial charge in [0.15, 0.2) is 0 Å². The summed E-state index contributed by atoms with van der Waals surface area (Å²) >= 11 is 0.964. The molecule has 0 aliphatic heterocycles. The molecule has 0 atom stereocenters. The van der Waals surface area contributed by atoms with Gasteiger partial charge in [-0.15, -0.1) is 0 Å². The number of hydrogen-bond donors (Lipinski definition) is 0. The molecule has 4 nitrogen and oxygen atoms in total. The summed E-state index contributed by atoms with van der Waals surface area (Å²) in [5.74, 6) is -0.423. The predicted octanol–water partition coefficient (Wildman–Crippen LogP) is 1.64. The van der Waals surface area contributed by atoms with Crippen LogP contribution in [0.25, 0.3) is 10.3 Å². The first-order valence-corrected chi connectivity index (χ1v) is 4.64. The number of rotatable bonds is 1. The zero-order valence-electron chi connectivity index (χ0n) is 7.27. The van der Waals surface area contributed by atoms with Crippen LogP contribution < -0.4 is 4.94 Å². The summed E-state index contributed by atoms with van der Waals surface area (Å²) in [6.45, 7) is 0. The molecule has 0 saturated heterocycles. The molecule has 2 aromatic rings. The lowest BCUT2D eigenvalue weighted by Crippen LogP contribution is -1.99. The summed E-state index contributed by atoms with van der Waals surface area (Å²) in [4.78, 5) is 21.6. The van der Waals surface area contributed by atoms with E-state index in [1.807, 2.05) is 0 Å². The van der Waals surface area contributed by atoms with E-state index in [1.165, 1.54) is 7.11 Å². The van der Waals surface area contributed by atoms with E-state index in [-0.39, 0.29) is 4.94 Å². The van der Waals surface area contributed by atoms with Crippen LogP contribution in [0.5, 0.6) is 0 Å². The normalized spacial score (nSPS) is 10.4. The summed E-state index contributed by atoms with van der Waals surface area (Å²) < 4.78 is 10.0. The molecule has 72 valence electrons. The van der Waals surface area contributed by atoms with Crippen LogP contribution in [0.1, 0.15) is 10.4 Å². The van der Waals surface area contributed by atoms with Gasteiger partial charge in [0.2, 0.25) is 0 Å². The molecular formula is C9H6O4S. The molecule has 0 aliphatic carbocycles. The molecule has 14 heavy (non-hydrogen) atoms. The van der Waals surface area contributed by atoms with Crippen LogP contribution in [0.2, 0.25) is 0 Å². The van der Waals surface area contributed by atoms with Gasteiger partial charge in [0, 0.05) is 0 Å². The van der Waals surface area contributed by atoms with Crippen molar-refractivity contribution < 1.29 is 13.9 Å². The van der Waals surface area contributed by atoms with Crippen molar-refractivity contribution in [3.63, 3.8) is 0 Å². The molecule has 0 aliphatic rings. The zero-order valence-corrected chi connectivity index (χ0v) is 8.09. The smallest absolute Gasteiger partial charge is 0.396 e. The maximum Gasteiger partial charge on any atom is 0.396 e. The van der Waals surface area contributed by atoms with Crippen LogP contribution in [-0.4, -0.2) is 13.1 Å². The van der Waals surface area contributed by atoms with E-state index in [1.54, 1.807) is 18.2 Å². The second-order valence-corrected chi connectivity index (χ2v) is 3.58. The van der Waals surface area contributed by atoms with Gasteiger partial charge in [-0.05, 0) is 18.2 Å². The fraction of sp³-hybridized carbons (Fsp3) is 0.111. The topological polar surface area (TPSA) is 56.5 Å². The number of fused-ring (bicyclic) bond motifs is 1. The van der Waals surface area contributed by atoms with E-state index in [0.29, 0.717) is 15.8 Å². The molecule has 1 heterocycles. The maximum absolute atomic E-state index is 11.1. The third-order valence-corrected chi connectivity index (χ3v) is 2.54. The summed E-state index contributed by atoms with van der Waals surface area (Å²) in [5.41, 5.74) is 0.907. The molecule has 0 bridgehead atoms.